The van der Waals surface area contributed by atoms with Crippen molar-refractivity contribution in [1.82, 2.24) is 14.8 Å². The first kappa shape index (κ1) is 31.5. The molecule has 2 fully saturated rings. The van der Waals surface area contributed by atoms with Gasteiger partial charge in [-0.3, -0.25) is 14.8 Å². The van der Waals surface area contributed by atoms with Crippen LogP contribution in [0.1, 0.15) is 42.9 Å². The first-order chi connectivity index (χ1) is 20.8. The minimum atomic E-state index is -1.51. The van der Waals surface area contributed by atoms with Crippen LogP contribution in [-0.4, -0.2) is 91.3 Å². The van der Waals surface area contributed by atoms with Crippen molar-refractivity contribution in [3.63, 3.8) is 0 Å². The second-order valence-corrected chi connectivity index (χ2v) is 11.6. The molecule has 1 aromatic heterocycles. The minimum absolute atomic E-state index is 0.0176. The number of ether oxygens (including phenoxy) is 3. The molecular weight excluding hydrogens is 563 g/mol. The molecule has 2 saturated heterocycles. The zero-order chi connectivity index (χ0) is 30.4. The molecule has 0 saturated carbocycles. The molecule has 11 heteroatoms. The van der Waals surface area contributed by atoms with Crippen molar-refractivity contribution < 1.29 is 37.6 Å². The van der Waals surface area contributed by atoms with E-state index in [0.29, 0.717) is 58.0 Å². The lowest BCUT2D eigenvalue weighted by Crippen LogP contribution is -2.43. The molecule has 8 nitrogen and oxygen atoms in total. The van der Waals surface area contributed by atoms with Gasteiger partial charge in [0.15, 0.2) is 17.5 Å². The Morgan fingerprint density at radius 2 is 1.72 bits per heavy atom. The highest BCUT2D eigenvalue weighted by molar-refractivity contribution is 5.85. The number of morpholine rings is 1. The van der Waals surface area contributed by atoms with Gasteiger partial charge < -0.3 is 24.4 Å². The number of hydrogen-bond acceptors (Lipinski definition) is 8. The number of halogens is 3. The zero-order valence-electron chi connectivity index (χ0n) is 24.5. The van der Waals surface area contributed by atoms with E-state index in [-0.39, 0.29) is 24.4 Å². The number of benzene rings is 2. The average molecular weight is 604 g/mol. The molecule has 0 spiro atoms. The topological polar surface area (TPSA) is 87.5 Å². The van der Waals surface area contributed by atoms with Gasteiger partial charge in [0, 0.05) is 56.5 Å². The van der Waals surface area contributed by atoms with E-state index in [1.807, 2.05) is 24.4 Å². The lowest BCUT2D eigenvalue weighted by atomic mass is 9.74. The van der Waals surface area contributed by atoms with Crippen LogP contribution in [0.2, 0.25) is 0 Å². The first-order valence-corrected chi connectivity index (χ1v) is 14.8. The molecule has 234 valence electrons. The Hall–Kier alpha value is -2.96. The van der Waals surface area contributed by atoms with E-state index < -0.39 is 23.6 Å². The van der Waals surface area contributed by atoms with Crippen LogP contribution in [0.4, 0.5) is 13.2 Å². The molecule has 2 aliphatic rings. The van der Waals surface area contributed by atoms with Crippen molar-refractivity contribution in [1.29, 1.82) is 0 Å². The van der Waals surface area contributed by atoms with Crippen LogP contribution in [0.3, 0.4) is 0 Å². The smallest absolute Gasteiger partial charge is 0.194 e. The number of piperidine rings is 1. The Kier molecular flexibility index (Phi) is 10.4. The van der Waals surface area contributed by atoms with Crippen molar-refractivity contribution in [3.05, 3.63) is 65.1 Å². The number of aliphatic hydroxyl groups is 2. The number of aromatic nitrogens is 1. The van der Waals surface area contributed by atoms with Crippen molar-refractivity contribution in [2.75, 3.05) is 66.3 Å². The van der Waals surface area contributed by atoms with Crippen molar-refractivity contribution >= 4 is 10.9 Å². The normalized spacial score (nSPS) is 18.6. The summed E-state index contributed by atoms with van der Waals surface area (Å²) in [5.41, 5.74) is 2.29. The number of aliphatic hydroxyl groups excluding tert-OH is 2. The van der Waals surface area contributed by atoms with E-state index in [1.165, 1.54) is 0 Å². The van der Waals surface area contributed by atoms with E-state index in [9.17, 15) is 23.4 Å². The molecule has 0 unspecified atom stereocenters. The van der Waals surface area contributed by atoms with Gasteiger partial charge in [0.25, 0.3) is 0 Å². The third kappa shape index (κ3) is 7.58. The van der Waals surface area contributed by atoms with Crippen LogP contribution in [0, 0.1) is 22.9 Å². The molecule has 0 bridgehead atoms. The number of rotatable bonds is 12. The van der Waals surface area contributed by atoms with Crippen LogP contribution in [0.5, 0.6) is 11.5 Å². The molecule has 1 atom stereocenters. The van der Waals surface area contributed by atoms with Crippen LogP contribution in [-0.2, 0) is 11.3 Å². The Morgan fingerprint density at radius 3 is 2.40 bits per heavy atom. The summed E-state index contributed by atoms with van der Waals surface area (Å²) in [6.07, 6.45) is 3.72. The lowest BCUT2D eigenvalue weighted by Gasteiger charge is -2.41. The SMILES string of the molecule is COc1ccc2ncc(CN3CCOCC3)c([C@@H](O)CCC3(CO)CCN(CCOc4cc(F)c(F)c(F)c4)CC3)c2c1. The maximum atomic E-state index is 13.5. The summed E-state index contributed by atoms with van der Waals surface area (Å²) in [6, 6.07) is 7.38. The fraction of sp³-hybridized carbons (Fsp3) is 0.531. The van der Waals surface area contributed by atoms with E-state index >= 15 is 0 Å². The molecular formula is C32H40F3N3O5. The highest BCUT2D eigenvalue weighted by Crippen LogP contribution is 2.40. The summed E-state index contributed by atoms with van der Waals surface area (Å²) < 4.78 is 56.6. The van der Waals surface area contributed by atoms with Crippen molar-refractivity contribution in [3.8, 4) is 11.5 Å². The first-order valence-electron chi connectivity index (χ1n) is 14.8. The summed E-state index contributed by atoms with van der Waals surface area (Å²) in [5, 5.41) is 23.0. The maximum Gasteiger partial charge on any atom is 0.194 e. The summed E-state index contributed by atoms with van der Waals surface area (Å²) >= 11 is 0. The Labute approximate surface area is 250 Å². The second kappa shape index (κ2) is 14.2. The summed E-state index contributed by atoms with van der Waals surface area (Å²) in [6.45, 7) is 5.82. The van der Waals surface area contributed by atoms with Gasteiger partial charge in [-0.15, -0.1) is 0 Å². The number of methoxy groups -OCH3 is 1. The van der Waals surface area contributed by atoms with Crippen molar-refractivity contribution in [2.45, 2.75) is 38.3 Å². The lowest BCUT2D eigenvalue weighted by molar-refractivity contribution is 0.0199. The van der Waals surface area contributed by atoms with E-state index in [4.69, 9.17) is 14.2 Å². The van der Waals surface area contributed by atoms with Gasteiger partial charge in [-0.05, 0) is 73.5 Å². The Bertz CT molecular complexity index is 1360. The number of hydrogen-bond donors (Lipinski definition) is 2. The van der Waals surface area contributed by atoms with Gasteiger partial charge >= 0.3 is 0 Å². The van der Waals surface area contributed by atoms with Crippen LogP contribution < -0.4 is 9.47 Å². The molecule has 0 aliphatic carbocycles. The highest BCUT2D eigenvalue weighted by atomic mass is 19.2. The van der Waals surface area contributed by atoms with Gasteiger partial charge in [0.1, 0.15) is 18.1 Å². The number of pyridine rings is 1. The highest BCUT2D eigenvalue weighted by Gasteiger charge is 2.35. The molecule has 2 aliphatic heterocycles. The van der Waals surface area contributed by atoms with Gasteiger partial charge in [0.05, 0.1) is 31.9 Å². The van der Waals surface area contributed by atoms with E-state index in [0.717, 1.165) is 60.1 Å². The largest absolute Gasteiger partial charge is 0.497 e. The number of likely N-dealkylation sites (tertiary alicyclic amines) is 1. The third-order valence-corrected chi connectivity index (χ3v) is 8.86. The second-order valence-electron chi connectivity index (χ2n) is 11.6. The summed E-state index contributed by atoms with van der Waals surface area (Å²) in [7, 11) is 1.62. The summed E-state index contributed by atoms with van der Waals surface area (Å²) in [5.74, 6) is -3.44. The molecule has 0 radical (unpaired) electrons. The van der Waals surface area contributed by atoms with Crippen LogP contribution in [0.15, 0.2) is 36.5 Å². The van der Waals surface area contributed by atoms with Crippen LogP contribution in [0.25, 0.3) is 10.9 Å². The van der Waals surface area contributed by atoms with Gasteiger partial charge in [0.2, 0.25) is 0 Å². The van der Waals surface area contributed by atoms with Gasteiger partial charge in [-0.1, -0.05) is 0 Å². The molecule has 5 rings (SSSR count). The number of nitrogens with zero attached hydrogens (tertiary/aromatic N) is 3. The summed E-state index contributed by atoms with van der Waals surface area (Å²) in [4.78, 5) is 9.15. The third-order valence-electron chi connectivity index (χ3n) is 8.86. The van der Waals surface area contributed by atoms with E-state index in [2.05, 4.69) is 14.8 Å². The van der Waals surface area contributed by atoms with E-state index in [1.54, 1.807) is 7.11 Å². The minimum Gasteiger partial charge on any atom is -0.497 e. The van der Waals surface area contributed by atoms with Crippen molar-refractivity contribution in [2.24, 2.45) is 5.41 Å². The fourth-order valence-corrected chi connectivity index (χ4v) is 6.11. The monoisotopic (exact) mass is 603 g/mol. The molecule has 3 heterocycles. The predicted octanol–water partition coefficient (Wildman–Crippen LogP) is 4.46. The quantitative estimate of drug-likeness (QED) is 0.294. The molecule has 2 aromatic carbocycles. The molecule has 3 aromatic rings. The average Bonchev–Trinajstić information content (AvgIpc) is 3.03. The van der Waals surface area contributed by atoms with Gasteiger partial charge in [-0.2, -0.15) is 0 Å². The maximum absolute atomic E-state index is 13.5. The fourth-order valence-electron chi connectivity index (χ4n) is 6.11. The molecule has 0 amide bonds. The van der Waals surface area contributed by atoms with Gasteiger partial charge in [-0.25, -0.2) is 13.2 Å². The predicted molar refractivity (Wildman–Crippen MR) is 156 cm³/mol. The number of fused-ring (bicyclic) bond motifs is 1. The zero-order valence-corrected chi connectivity index (χ0v) is 24.5. The standard InChI is InChI=1S/C32H40F3N3O5/c1-41-23-2-3-28-25(16-23)30(22(19-36-28)20-38-10-13-42-14-11-38)29(40)4-5-32(21-39)6-8-37(9-7-32)12-15-43-24-17-26(33)31(35)27(34)18-24/h2-3,16-19,29,39-40H,4-15,20-21H2,1H3/t29-/m0/s1. The molecule has 2 N–H and O–H groups in total. The molecule has 43 heavy (non-hydrogen) atoms. The Morgan fingerprint density at radius 1 is 1.00 bits per heavy atom. The van der Waals surface area contributed by atoms with Crippen LogP contribution >= 0.6 is 0 Å². The Balaban J connectivity index is 1.22.